The summed E-state index contributed by atoms with van der Waals surface area (Å²) >= 11 is 0. The van der Waals surface area contributed by atoms with Gasteiger partial charge in [0, 0.05) is 31.1 Å². The molecule has 21 heavy (non-hydrogen) atoms. The van der Waals surface area contributed by atoms with E-state index in [9.17, 15) is 4.79 Å². The molecule has 2 atom stereocenters. The van der Waals surface area contributed by atoms with Crippen LogP contribution in [0.15, 0.2) is 29.4 Å². The van der Waals surface area contributed by atoms with Gasteiger partial charge in [-0.15, -0.1) is 0 Å². The number of nitrogens with two attached hydrogens (primary N) is 1. The molecule has 2 unspecified atom stereocenters. The quantitative estimate of drug-likeness (QED) is 0.268. The van der Waals surface area contributed by atoms with E-state index in [0.717, 1.165) is 17.7 Å². The summed E-state index contributed by atoms with van der Waals surface area (Å²) < 4.78 is 0. The molecule has 0 fully saturated rings. The van der Waals surface area contributed by atoms with Gasteiger partial charge in [0.15, 0.2) is 0 Å². The standard InChI is InChI=1S/C15H24N4O2/c1-4-13(9-15(16)19-21)17-10(2)12-6-5-7-14(8-12)18-11(3)20/h5-8,10,13,17,21H,4,9H2,1-3H3,(H2,16,19)(H,18,20). The van der Waals surface area contributed by atoms with Gasteiger partial charge in [0.2, 0.25) is 5.91 Å². The van der Waals surface area contributed by atoms with Gasteiger partial charge in [0.1, 0.15) is 5.84 Å². The SMILES string of the molecule is CCC(CC(N)=NO)NC(C)c1cccc(NC(C)=O)c1. The Morgan fingerprint density at radius 3 is 2.76 bits per heavy atom. The van der Waals surface area contributed by atoms with Crippen LogP contribution in [0.5, 0.6) is 0 Å². The van der Waals surface area contributed by atoms with Crippen LogP contribution in [0, 0.1) is 0 Å². The van der Waals surface area contributed by atoms with Crippen LogP contribution in [0.4, 0.5) is 5.69 Å². The maximum absolute atomic E-state index is 11.1. The number of amidine groups is 1. The van der Waals surface area contributed by atoms with Gasteiger partial charge >= 0.3 is 0 Å². The van der Waals surface area contributed by atoms with Gasteiger partial charge in [-0.25, -0.2) is 0 Å². The second-order valence-electron chi connectivity index (χ2n) is 5.10. The van der Waals surface area contributed by atoms with Crippen molar-refractivity contribution >= 4 is 17.4 Å². The van der Waals surface area contributed by atoms with Gasteiger partial charge in [-0.3, -0.25) is 4.79 Å². The topological polar surface area (TPSA) is 99.7 Å². The lowest BCUT2D eigenvalue weighted by atomic mass is 10.0. The zero-order valence-electron chi connectivity index (χ0n) is 12.8. The molecule has 6 nitrogen and oxygen atoms in total. The van der Waals surface area contributed by atoms with Crippen LogP contribution in [0.3, 0.4) is 0 Å². The number of carbonyl (C=O) groups excluding carboxylic acids is 1. The summed E-state index contributed by atoms with van der Waals surface area (Å²) in [6.45, 7) is 5.57. The highest BCUT2D eigenvalue weighted by Crippen LogP contribution is 2.18. The summed E-state index contributed by atoms with van der Waals surface area (Å²) in [5.41, 5.74) is 7.40. The third-order valence-corrected chi connectivity index (χ3v) is 3.27. The zero-order chi connectivity index (χ0) is 15.8. The number of nitrogens with zero attached hydrogens (tertiary/aromatic N) is 1. The van der Waals surface area contributed by atoms with Crippen LogP contribution in [-0.2, 0) is 4.79 Å². The highest BCUT2D eigenvalue weighted by atomic mass is 16.4. The van der Waals surface area contributed by atoms with Gasteiger partial charge in [0.05, 0.1) is 0 Å². The Hall–Kier alpha value is -2.08. The highest BCUT2D eigenvalue weighted by Gasteiger charge is 2.14. The third-order valence-electron chi connectivity index (χ3n) is 3.27. The summed E-state index contributed by atoms with van der Waals surface area (Å²) in [6.07, 6.45) is 1.36. The molecule has 0 saturated carbocycles. The molecule has 0 aliphatic rings. The van der Waals surface area contributed by atoms with Crippen LogP contribution >= 0.6 is 0 Å². The summed E-state index contributed by atoms with van der Waals surface area (Å²) in [4.78, 5) is 11.1. The predicted molar refractivity (Wildman–Crippen MR) is 84.4 cm³/mol. The maximum atomic E-state index is 11.1. The molecule has 0 spiro atoms. The molecular weight excluding hydrogens is 268 g/mol. The average molecular weight is 292 g/mol. The van der Waals surface area contributed by atoms with E-state index in [1.807, 2.05) is 38.1 Å². The van der Waals surface area contributed by atoms with Crippen molar-refractivity contribution in [2.75, 3.05) is 5.32 Å². The molecule has 0 aliphatic heterocycles. The first-order valence-corrected chi connectivity index (χ1v) is 7.06. The molecule has 0 bridgehead atoms. The Morgan fingerprint density at radius 2 is 2.19 bits per heavy atom. The van der Waals surface area contributed by atoms with Crippen molar-refractivity contribution in [3.05, 3.63) is 29.8 Å². The van der Waals surface area contributed by atoms with E-state index < -0.39 is 0 Å². The van der Waals surface area contributed by atoms with E-state index in [2.05, 4.69) is 15.8 Å². The van der Waals surface area contributed by atoms with Crippen molar-refractivity contribution in [2.45, 2.75) is 45.7 Å². The smallest absolute Gasteiger partial charge is 0.221 e. The van der Waals surface area contributed by atoms with E-state index in [4.69, 9.17) is 10.9 Å². The van der Waals surface area contributed by atoms with Crippen molar-refractivity contribution in [3.8, 4) is 0 Å². The molecule has 1 rings (SSSR count). The Labute approximate surface area is 125 Å². The molecule has 0 radical (unpaired) electrons. The fourth-order valence-corrected chi connectivity index (χ4v) is 2.15. The Kier molecular flexibility index (Phi) is 6.68. The molecule has 116 valence electrons. The average Bonchev–Trinajstić information content (AvgIpc) is 2.45. The molecule has 1 amide bonds. The van der Waals surface area contributed by atoms with Gasteiger partial charge < -0.3 is 21.6 Å². The van der Waals surface area contributed by atoms with Crippen molar-refractivity contribution in [3.63, 3.8) is 0 Å². The van der Waals surface area contributed by atoms with Crippen molar-refractivity contribution < 1.29 is 10.0 Å². The molecule has 6 heteroatoms. The largest absolute Gasteiger partial charge is 0.409 e. The second kappa shape index (κ2) is 8.26. The molecule has 5 N–H and O–H groups in total. The minimum atomic E-state index is -0.0915. The van der Waals surface area contributed by atoms with Gasteiger partial charge in [-0.05, 0) is 31.0 Å². The van der Waals surface area contributed by atoms with Crippen LogP contribution < -0.4 is 16.4 Å². The maximum Gasteiger partial charge on any atom is 0.221 e. The first-order chi connectivity index (χ1) is 9.96. The number of benzene rings is 1. The lowest BCUT2D eigenvalue weighted by Crippen LogP contribution is -2.35. The van der Waals surface area contributed by atoms with Crippen molar-refractivity contribution in [1.29, 1.82) is 0 Å². The Balaban J connectivity index is 2.73. The predicted octanol–water partition coefficient (Wildman–Crippen LogP) is 2.21. The number of oxime groups is 1. The van der Waals surface area contributed by atoms with Crippen LogP contribution in [-0.4, -0.2) is 23.0 Å². The van der Waals surface area contributed by atoms with E-state index in [0.29, 0.717) is 6.42 Å². The Bertz CT molecular complexity index is 502. The number of carbonyl (C=O) groups is 1. The minimum Gasteiger partial charge on any atom is -0.409 e. The molecule has 1 aromatic carbocycles. The lowest BCUT2D eigenvalue weighted by Gasteiger charge is -2.22. The Morgan fingerprint density at radius 1 is 1.48 bits per heavy atom. The first-order valence-electron chi connectivity index (χ1n) is 7.06. The number of anilines is 1. The number of nitrogens with one attached hydrogen (secondary N) is 2. The first kappa shape index (κ1) is 17.0. The summed E-state index contributed by atoms with van der Waals surface area (Å²) in [5, 5.41) is 17.9. The molecule has 0 aromatic heterocycles. The monoisotopic (exact) mass is 292 g/mol. The fraction of sp³-hybridized carbons (Fsp3) is 0.467. The van der Waals surface area contributed by atoms with E-state index in [1.54, 1.807) is 0 Å². The van der Waals surface area contributed by atoms with Crippen LogP contribution in [0.25, 0.3) is 0 Å². The van der Waals surface area contributed by atoms with Crippen LogP contribution in [0.1, 0.15) is 45.2 Å². The van der Waals surface area contributed by atoms with E-state index >= 15 is 0 Å². The van der Waals surface area contributed by atoms with Crippen LogP contribution in [0.2, 0.25) is 0 Å². The number of rotatable bonds is 7. The summed E-state index contributed by atoms with van der Waals surface area (Å²) in [5.74, 6) is 0.125. The fourth-order valence-electron chi connectivity index (χ4n) is 2.15. The molecule has 0 heterocycles. The molecule has 0 saturated heterocycles. The van der Waals surface area contributed by atoms with Crippen molar-refractivity contribution in [1.82, 2.24) is 5.32 Å². The molecule has 0 aliphatic carbocycles. The zero-order valence-corrected chi connectivity index (χ0v) is 12.8. The summed E-state index contributed by atoms with van der Waals surface area (Å²) in [7, 11) is 0. The molecule has 1 aromatic rings. The van der Waals surface area contributed by atoms with E-state index in [-0.39, 0.29) is 23.8 Å². The number of amides is 1. The normalized spacial score (nSPS) is 14.5. The van der Waals surface area contributed by atoms with Crippen molar-refractivity contribution in [2.24, 2.45) is 10.9 Å². The third kappa shape index (κ3) is 5.83. The highest BCUT2D eigenvalue weighted by molar-refractivity contribution is 5.88. The van der Waals surface area contributed by atoms with E-state index in [1.165, 1.54) is 6.92 Å². The van der Waals surface area contributed by atoms with Gasteiger partial charge in [-0.2, -0.15) is 0 Å². The lowest BCUT2D eigenvalue weighted by molar-refractivity contribution is -0.114. The minimum absolute atomic E-state index is 0.0915. The van der Waals surface area contributed by atoms with Gasteiger partial charge in [0.25, 0.3) is 0 Å². The number of hydrogen-bond acceptors (Lipinski definition) is 4. The second-order valence-corrected chi connectivity index (χ2v) is 5.10. The number of hydrogen-bond donors (Lipinski definition) is 4. The van der Waals surface area contributed by atoms with Gasteiger partial charge in [-0.1, -0.05) is 24.2 Å². The summed E-state index contributed by atoms with van der Waals surface area (Å²) in [6, 6.07) is 7.92. The molecular formula is C15H24N4O2.